The van der Waals surface area contributed by atoms with E-state index in [0.29, 0.717) is 34.1 Å². The van der Waals surface area contributed by atoms with Crippen molar-refractivity contribution in [3.8, 4) is 5.75 Å². The normalized spacial score (nSPS) is 13.5. The molecule has 0 saturated heterocycles. The Morgan fingerprint density at radius 1 is 0.879 bits per heavy atom. The zero-order chi connectivity index (χ0) is 23.5. The maximum Gasteiger partial charge on any atom is 0.282 e. The minimum Gasteiger partial charge on any atom is -0.494 e. The van der Waals surface area contributed by atoms with E-state index in [0.717, 1.165) is 11.4 Å². The van der Waals surface area contributed by atoms with Crippen LogP contribution < -0.4 is 19.9 Å². The molecule has 1 aliphatic heterocycles. The summed E-state index contributed by atoms with van der Waals surface area (Å²) in [6.07, 6.45) is 0. The Hall–Kier alpha value is -3.77. The van der Waals surface area contributed by atoms with Crippen LogP contribution in [0, 0.1) is 0 Å². The van der Waals surface area contributed by atoms with E-state index in [4.69, 9.17) is 16.3 Å². The van der Waals surface area contributed by atoms with Crippen LogP contribution in [0.3, 0.4) is 0 Å². The van der Waals surface area contributed by atoms with Crippen molar-refractivity contribution in [3.05, 3.63) is 89.1 Å². The van der Waals surface area contributed by atoms with Crippen LogP contribution in [-0.4, -0.2) is 32.5 Å². The molecule has 4 rings (SSSR count). The van der Waals surface area contributed by atoms with Crippen molar-refractivity contribution in [1.82, 2.24) is 0 Å². The smallest absolute Gasteiger partial charge is 0.282 e. The Morgan fingerprint density at radius 2 is 1.52 bits per heavy atom. The first kappa shape index (κ1) is 22.4. The third kappa shape index (κ3) is 4.56. The first-order chi connectivity index (χ1) is 15.9. The van der Waals surface area contributed by atoms with Crippen molar-refractivity contribution >= 4 is 46.1 Å². The Bertz CT molecular complexity index is 1200. The van der Waals surface area contributed by atoms with Crippen molar-refractivity contribution in [1.29, 1.82) is 0 Å². The molecule has 7 heteroatoms. The van der Waals surface area contributed by atoms with Crippen LogP contribution in [0.1, 0.15) is 12.5 Å². The van der Waals surface area contributed by atoms with Crippen LogP contribution in [0.2, 0.25) is 5.02 Å². The minimum atomic E-state index is -0.420. The Labute approximate surface area is 198 Å². The number of carbonyl (C=O) groups excluding carboxylic acids is 2. The molecular weight excluding hydrogens is 438 g/mol. The molecule has 0 spiro atoms. The summed E-state index contributed by atoms with van der Waals surface area (Å²) in [5.74, 6) is -0.0869. The molecule has 0 unspecified atom stereocenters. The molecule has 0 atom stereocenters. The number of anilines is 3. The summed E-state index contributed by atoms with van der Waals surface area (Å²) in [5, 5.41) is 3.70. The average Bonchev–Trinajstić information content (AvgIpc) is 3.05. The summed E-state index contributed by atoms with van der Waals surface area (Å²) in [4.78, 5) is 30.1. The minimum absolute atomic E-state index is 0.211. The summed E-state index contributed by atoms with van der Waals surface area (Å²) >= 11 is 6.05. The second kappa shape index (κ2) is 9.38. The summed E-state index contributed by atoms with van der Waals surface area (Å²) in [5.41, 5.74) is 3.26. The van der Waals surface area contributed by atoms with Gasteiger partial charge in [-0.25, -0.2) is 4.90 Å². The lowest BCUT2D eigenvalue weighted by Crippen LogP contribution is -2.32. The molecule has 0 aliphatic carbocycles. The van der Waals surface area contributed by atoms with Crippen molar-refractivity contribution in [2.24, 2.45) is 0 Å². The Kier molecular flexibility index (Phi) is 6.38. The van der Waals surface area contributed by atoms with Gasteiger partial charge < -0.3 is 15.0 Å². The fraction of sp³-hybridized carbons (Fsp3) is 0.154. The van der Waals surface area contributed by atoms with Gasteiger partial charge in [-0.3, -0.25) is 9.59 Å². The summed E-state index contributed by atoms with van der Waals surface area (Å²) in [7, 11) is 3.86. The number of hydrogen-bond acceptors (Lipinski definition) is 5. The van der Waals surface area contributed by atoms with Crippen molar-refractivity contribution in [2.75, 3.05) is 35.8 Å². The van der Waals surface area contributed by atoms with Crippen LogP contribution >= 0.6 is 11.6 Å². The average molecular weight is 462 g/mol. The largest absolute Gasteiger partial charge is 0.494 e. The molecular formula is C26H24ClN3O3. The fourth-order valence-corrected chi connectivity index (χ4v) is 3.74. The van der Waals surface area contributed by atoms with Crippen LogP contribution in [0.15, 0.2) is 78.5 Å². The van der Waals surface area contributed by atoms with Crippen LogP contribution in [0.5, 0.6) is 5.75 Å². The van der Waals surface area contributed by atoms with Crippen LogP contribution in [0.25, 0.3) is 5.57 Å². The Balaban J connectivity index is 1.73. The monoisotopic (exact) mass is 461 g/mol. The van der Waals surface area contributed by atoms with Gasteiger partial charge in [-0.2, -0.15) is 0 Å². The number of amides is 2. The molecule has 0 saturated carbocycles. The Morgan fingerprint density at radius 3 is 2.09 bits per heavy atom. The molecule has 0 radical (unpaired) electrons. The number of benzene rings is 3. The van der Waals surface area contributed by atoms with E-state index >= 15 is 0 Å². The van der Waals surface area contributed by atoms with Gasteiger partial charge in [0.15, 0.2) is 0 Å². The molecule has 3 aromatic carbocycles. The third-order valence-electron chi connectivity index (χ3n) is 5.28. The third-order valence-corrected chi connectivity index (χ3v) is 5.53. The standard InChI is InChI=1S/C26H24ClN3O3/c1-4-33-22-15-9-19(10-16-22)28-24-23(17-5-7-18(27)8-6-17)25(31)30(26(24)32)21-13-11-20(12-14-21)29(2)3/h5-16,28H,4H2,1-3H3. The van der Waals surface area contributed by atoms with Gasteiger partial charge in [0.1, 0.15) is 11.4 Å². The predicted molar refractivity (Wildman–Crippen MR) is 133 cm³/mol. The highest BCUT2D eigenvalue weighted by Gasteiger charge is 2.40. The predicted octanol–water partition coefficient (Wildman–Crippen LogP) is 5.20. The highest BCUT2D eigenvalue weighted by molar-refractivity contribution is 6.46. The van der Waals surface area contributed by atoms with E-state index < -0.39 is 11.8 Å². The fourth-order valence-electron chi connectivity index (χ4n) is 3.61. The van der Waals surface area contributed by atoms with E-state index in [1.807, 2.05) is 62.3 Å². The number of carbonyl (C=O) groups is 2. The second-order valence-corrected chi connectivity index (χ2v) is 8.13. The second-order valence-electron chi connectivity index (χ2n) is 7.70. The van der Waals surface area contributed by atoms with E-state index in [2.05, 4.69) is 5.32 Å². The molecule has 0 fully saturated rings. The van der Waals surface area contributed by atoms with Crippen LogP contribution in [-0.2, 0) is 9.59 Å². The quantitative estimate of drug-likeness (QED) is 0.490. The highest BCUT2D eigenvalue weighted by Crippen LogP contribution is 2.35. The van der Waals surface area contributed by atoms with Crippen molar-refractivity contribution in [3.63, 3.8) is 0 Å². The number of ether oxygens (including phenoxy) is 1. The lowest BCUT2D eigenvalue weighted by atomic mass is 10.0. The van der Waals surface area contributed by atoms with E-state index in [1.165, 1.54) is 4.90 Å². The number of hydrogen-bond donors (Lipinski definition) is 1. The molecule has 1 heterocycles. The molecule has 0 bridgehead atoms. The van der Waals surface area contributed by atoms with Gasteiger partial charge in [0.05, 0.1) is 17.9 Å². The maximum absolute atomic E-state index is 13.5. The van der Waals surface area contributed by atoms with Gasteiger partial charge in [0.2, 0.25) is 0 Å². The number of rotatable bonds is 7. The zero-order valence-electron chi connectivity index (χ0n) is 18.6. The molecule has 6 nitrogen and oxygen atoms in total. The van der Waals surface area contributed by atoms with Gasteiger partial charge in [0, 0.05) is 30.5 Å². The van der Waals surface area contributed by atoms with Crippen LogP contribution in [0.4, 0.5) is 17.1 Å². The SMILES string of the molecule is CCOc1ccc(NC2=C(c3ccc(Cl)cc3)C(=O)N(c3ccc(N(C)C)cc3)C2=O)cc1. The van der Waals surface area contributed by atoms with E-state index in [1.54, 1.807) is 36.4 Å². The summed E-state index contributed by atoms with van der Waals surface area (Å²) < 4.78 is 5.49. The van der Waals surface area contributed by atoms with E-state index in [-0.39, 0.29) is 5.70 Å². The lowest BCUT2D eigenvalue weighted by Gasteiger charge is -2.18. The molecule has 168 valence electrons. The van der Waals surface area contributed by atoms with Crippen molar-refractivity contribution < 1.29 is 14.3 Å². The van der Waals surface area contributed by atoms with Gasteiger partial charge in [-0.15, -0.1) is 0 Å². The van der Waals surface area contributed by atoms with E-state index in [9.17, 15) is 9.59 Å². The molecule has 1 N–H and O–H groups in total. The zero-order valence-corrected chi connectivity index (χ0v) is 19.4. The number of halogens is 1. The molecule has 33 heavy (non-hydrogen) atoms. The first-order valence-corrected chi connectivity index (χ1v) is 10.9. The number of nitrogens with zero attached hydrogens (tertiary/aromatic N) is 2. The van der Waals surface area contributed by atoms with Crippen molar-refractivity contribution in [2.45, 2.75) is 6.92 Å². The lowest BCUT2D eigenvalue weighted by molar-refractivity contribution is -0.120. The van der Waals surface area contributed by atoms with Gasteiger partial charge in [0.25, 0.3) is 11.8 Å². The van der Waals surface area contributed by atoms with Gasteiger partial charge in [-0.1, -0.05) is 23.7 Å². The molecule has 1 aliphatic rings. The molecule has 2 amide bonds. The maximum atomic E-state index is 13.5. The number of nitrogens with one attached hydrogen (secondary N) is 1. The van der Waals surface area contributed by atoms with Gasteiger partial charge >= 0.3 is 0 Å². The number of imide groups is 1. The summed E-state index contributed by atoms with van der Waals surface area (Å²) in [6, 6.07) is 21.4. The summed E-state index contributed by atoms with van der Waals surface area (Å²) in [6.45, 7) is 2.48. The topological polar surface area (TPSA) is 61.9 Å². The molecule has 0 aromatic heterocycles. The first-order valence-electron chi connectivity index (χ1n) is 10.6. The highest BCUT2D eigenvalue weighted by atomic mass is 35.5. The van der Waals surface area contributed by atoms with Gasteiger partial charge in [-0.05, 0) is 73.2 Å². The molecule has 3 aromatic rings.